The fourth-order valence-electron chi connectivity index (χ4n) is 4.48. The lowest BCUT2D eigenvalue weighted by Gasteiger charge is -2.45. The molecule has 1 unspecified atom stereocenters. The fraction of sp³-hybridized carbons (Fsp3) is 0.318. The summed E-state index contributed by atoms with van der Waals surface area (Å²) < 4.78 is 70.8. The first-order valence-corrected chi connectivity index (χ1v) is 9.85. The second-order valence-corrected chi connectivity index (χ2v) is 7.94. The topological polar surface area (TPSA) is 85.4 Å². The Morgan fingerprint density at radius 2 is 1.91 bits per heavy atom. The van der Waals surface area contributed by atoms with Crippen molar-refractivity contribution in [2.75, 3.05) is 5.32 Å². The Balaban J connectivity index is 1.96. The fourth-order valence-corrected chi connectivity index (χ4v) is 4.48. The molecule has 1 aliphatic rings. The normalized spacial score (nSPS) is 23.2. The Hall–Kier alpha value is -3.14. The van der Waals surface area contributed by atoms with Crippen molar-refractivity contribution in [1.29, 1.82) is 0 Å². The van der Waals surface area contributed by atoms with Gasteiger partial charge in [-0.1, -0.05) is 6.92 Å². The number of aliphatic hydroxyl groups is 1. The second-order valence-electron chi connectivity index (χ2n) is 7.94. The van der Waals surface area contributed by atoms with E-state index in [0.717, 1.165) is 30.3 Å². The number of hydrogen-bond acceptors (Lipinski definition) is 4. The lowest BCUT2D eigenvalue weighted by atomic mass is 9.69. The maximum absolute atomic E-state index is 14.2. The second kappa shape index (κ2) is 7.47. The van der Waals surface area contributed by atoms with Crippen LogP contribution in [-0.2, 0) is 0 Å². The summed E-state index contributed by atoms with van der Waals surface area (Å²) in [6.07, 6.45) is -5.72. The van der Waals surface area contributed by atoms with Crippen LogP contribution in [0.3, 0.4) is 0 Å². The summed E-state index contributed by atoms with van der Waals surface area (Å²) in [6.45, 7) is 1.60. The SMILES string of the molecule is CC[C@@H]1C[C@](O)(C(F)(F)F)C(Nc2ccc(F)c3[nH]c(=O)ccc23)c2cc(F)cc(O)c21. The van der Waals surface area contributed by atoms with Crippen LogP contribution in [-0.4, -0.2) is 27.0 Å². The number of aromatic nitrogens is 1. The number of alkyl halides is 3. The molecule has 5 nitrogen and oxygen atoms in total. The highest BCUT2D eigenvalue weighted by Crippen LogP contribution is 2.55. The molecule has 0 bridgehead atoms. The summed E-state index contributed by atoms with van der Waals surface area (Å²) in [5.41, 5.74) is -4.31. The Bertz CT molecular complexity index is 1260. The number of benzene rings is 2. The monoisotopic (exact) mass is 454 g/mol. The van der Waals surface area contributed by atoms with Gasteiger partial charge in [-0.2, -0.15) is 13.2 Å². The predicted octanol–water partition coefficient (Wildman–Crippen LogP) is 4.86. The van der Waals surface area contributed by atoms with E-state index >= 15 is 0 Å². The molecule has 0 radical (unpaired) electrons. The van der Waals surface area contributed by atoms with E-state index in [1.165, 1.54) is 6.07 Å². The van der Waals surface area contributed by atoms with Gasteiger partial charge in [0.2, 0.25) is 5.56 Å². The summed E-state index contributed by atoms with van der Waals surface area (Å²) in [6, 6.07) is 4.17. The molecule has 0 saturated heterocycles. The van der Waals surface area contributed by atoms with Gasteiger partial charge in [-0.3, -0.25) is 4.79 Å². The van der Waals surface area contributed by atoms with E-state index < -0.39 is 53.1 Å². The zero-order valence-corrected chi connectivity index (χ0v) is 16.7. The van der Waals surface area contributed by atoms with Crippen molar-refractivity contribution in [2.45, 2.75) is 43.5 Å². The number of fused-ring (bicyclic) bond motifs is 2. The highest BCUT2D eigenvalue weighted by molar-refractivity contribution is 5.91. The molecule has 4 N–H and O–H groups in total. The van der Waals surface area contributed by atoms with E-state index in [2.05, 4.69) is 10.3 Å². The van der Waals surface area contributed by atoms with Gasteiger partial charge in [0.05, 0.1) is 11.6 Å². The van der Waals surface area contributed by atoms with Crippen LogP contribution in [0.4, 0.5) is 27.6 Å². The maximum Gasteiger partial charge on any atom is 0.419 e. The average molecular weight is 454 g/mol. The third-order valence-corrected chi connectivity index (χ3v) is 6.04. The van der Waals surface area contributed by atoms with Crippen molar-refractivity contribution >= 4 is 16.6 Å². The number of anilines is 1. The molecule has 1 aromatic heterocycles. The van der Waals surface area contributed by atoms with Crippen molar-refractivity contribution < 1.29 is 32.2 Å². The number of halogens is 5. The summed E-state index contributed by atoms with van der Waals surface area (Å²) >= 11 is 0. The van der Waals surface area contributed by atoms with Gasteiger partial charge in [0.25, 0.3) is 0 Å². The third kappa shape index (κ3) is 3.38. The van der Waals surface area contributed by atoms with Crippen LogP contribution in [0, 0.1) is 11.6 Å². The molecule has 0 fully saturated rings. The molecule has 0 aliphatic heterocycles. The zero-order chi connectivity index (χ0) is 23.4. The minimum Gasteiger partial charge on any atom is -0.508 e. The average Bonchev–Trinajstić information content (AvgIpc) is 2.70. The van der Waals surface area contributed by atoms with Crippen LogP contribution in [0.1, 0.15) is 42.9 Å². The Morgan fingerprint density at radius 3 is 2.56 bits per heavy atom. The molecule has 3 aromatic rings. The highest BCUT2D eigenvalue weighted by Gasteiger charge is 2.62. The molecule has 10 heteroatoms. The van der Waals surface area contributed by atoms with Crippen LogP contribution in [0.5, 0.6) is 5.75 Å². The molecule has 0 spiro atoms. The van der Waals surface area contributed by atoms with Gasteiger partial charge in [-0.15, -0.1) is 0 Å². The number of rotatable bonds is 3. The van der Waals surface area contributed by atoms with Crippen molar-refractivity contribution in [3.05, 3.63) is 69.5 Å². The van der Waals surface area contributed by atoms with E-state index in [1.54, 1.807) is 6.92 Å². The first-order valence-electron chi connectivity index (χ1n) is 9.85. The van der Waals surface area contributed by atoms with Crippen LogP contribution in [0.25, 0.3) is 10.9 Å². The highest BCUT2D eigenvalue weighted by atomic mass is 19.4. The van der Waals surface area contributed by atoms with Gasteiger partial charge in [0.15, 0.2) is 5.60 Å². The molecule has 2 aromatic carbocycles. The minimum absolute atomic E-state index is 0.0185. The zero-order valence-electron chi connectivity index (χ0n) is 16.7. The number of hydrogen-bond donors (Lipinski definition) is 4. The minimum atomic E-state index is -5.11. The third-order valence-electron chi connectivity index (χ3n) is 6.04. The molecule has 1 aliphatic carbocycles. The van der Waals surface area contributed by atoms with Gasteiger partial charge >= 0.3 is 6.18 Å². The van der Waals surface area contributed by atoms with Gasteiger partial charge in [-0.05, 0) is 48.6 Å². The number of H-pyrrole nitrogens is 1. The maximum atomic E-state index is 14.2. The Morgan fingerprint density at radius 1 is 1.19 bits per heavy atom. The van der Waals surface area contributed by atoms with Crippen LogP contribution in [0.15, 0.2) is 41.2 Å². The number of pyridine rings is 1. The standard InChI is InChI=1S/C22H19F5N2O3/c1-2-10-9-21(32,22(25,26)27)20(13-7-11(23)8-16(30)18(10)13)28-15-5-4-14(24)19-12(15)3-6-17(31)29-19/h3-8,10,20,28,30,32H,2,9H2,1H3,(H,29,31)/t10-,20?,21-/m1/s1. The lowest BCUT2D eigenvalue weighted by molar-refractivity contribution is -0.272. The first-order chi connectivity index (χ1) is 15.0. The Labute approximate surface area is 178 Å². The molecular formula is C22H19F5N2O3. The number of aromatic hydroxyl groups is 1. The largest absolute Gasteiger partial charge is 0.508 e. The molecule has 0 amide bonds. The van der Waals surface area contributed by atoms with Crippen molar-refractivity contribution in [3.63, 3.8) is 0 Å². The molecular weight excluding hydrogens is 435 g/mol. The molecule has 0 saturated carbocycles. The molecule has 1 heterocycles. The van der Waals surface area contributed by atoms with Crippen molar-refractivity contribution in [3.8, 4) is 5.75 Å². The van der Waals surface area contributed by atoms with Gasteiger partial charge in [-0.25, -0.2) is 8.78 Å². The van der Waals surface area contributed by atoms with Crippen molar-refractivity contribution in [1.82, 2.24) is 4.98 Å². The molecule has 170 valence electrons. The smallest absolute Gasteiger partial charge is 0.419 e. The quantitative estimate of drug-likeness (QED) is 0.426. The van der Waals surface area contributed by atoms with E-state index in [1.807, 2.05) is 0 Å². The molecule has 3 atom stereocenters. The van der Waals surface area contributed by atoms with E-state index in [-0.39, 0.29) is 34.1 Å². The number of phenols is 1. The first kappa shape index (κ1) is 22.1. The summed E-state index contributed by atoms with van der Waals surface area (Å²) in [5, 5.41) is 23.9. The summed E-state index contributed by atoms with van der Waals surface area (Å²) in [5.74, 6) is -3.15. The van der Waals surface area contributed by atoms with Crippen molar-refractivity contribution in [2.24, 2.45) is 0 Å². The summed E-state index contributed by atoms with van der Waals surface area (Å²) in [7, 11) is 0. The van der Waals surface area contributed by atoms with Crippen LogP contribution < -0.4 is 10.9 Å². The Kier molecular flexibility index (Phi) is 5.15. The lowest BCUT2D eigenvalue weighted by Crippen LogP contribution is -2.55. The van der Waals surface area contributed by atoms with E-state index in [4.69, 9.17) is 0 Å². The summed E-state index contributed by atoms with van der Waals surface area (Å²) in [4.78, 5) is 13.9. The van der Waals surface area contributed by atoms with E-state index in [9.17, 15) is 37.0 Å². The van der Waals surface area contributed by atoms with Crippen LogP contribution in [0.2, 0.25) is 0 Å². The van der Waals surface area contributed by atoms with E-state index in [0.29, 0.717) is 0 Å². The predicted molar refractivity (Wildman–Crippen MR) is 108 cm³/mol. The van der Waals surface area contributed by atoms with Crippen LogP contribution >= 0.6 is 0 Å². The number of phenolic OH excluding ortho intramolecular Hbond substituents is 1. The van der Waals surface area contributed by atoms with Gasteiger partial charge in [0.1, 0.15) is 17.4 Å². The van der Waals surface area contributed by atoms with Gasteiger partial charge in [0, 0.05) is 28.8 Å². The number of aromatic amines is 1. The van der Waals surface area contributed by atoms with Gasteiger partial charge < -0.3 is 20.5 Å². The molecule has 32 heavy (non-hydrogen) atoms. The molecule has 4 rings (SSSR count). The number of nitrogens with one attached hydrogen (secondary N) is 2.